The summed E-state index contributed by atoms with van der Waals surface area (Å²) in [5, 5.41) is 11.0. The predicted molar refractivity (Wildman–Crippen MR) is 101 cm³/mol. The van der Waals surface area contributed by atoms with E-state index < -0.39 is 11.5 Å². The molecule has 8 heteroatoms. The number of fused-ring (bicyclic) bond motifs is 2. The lowest BCUT2D eigenvalue weighted by Gasteiger charge is -2.08. The van der Waals surface area contributed by atoms with Crippen molar-refractivity contribution in [2.45, 2.75) is 0 Å². The van der Waals surface area contributed by atoms with Crippen molar-refractivity contribution in [1.29, 1.82) is 0 Å². The normalized spacial score (nSPS) is 11.0. The molecular formula is C18H12BrN3O4. The molecule has 0 unspecified atom stereocenters. The van der Waals surface area contributed by atoms with Gasteiger partial charge in [0, 0.05) is 20.9 Å². The highest BCUT2D eigenvalue weighted by Gasteiger charge is 2.16. The zero-order valence-electron chi connectivity index (χ0n) is 13.5. The third-order valence-corrected chi connectivity index (χ3v) is 4.39. The van der Waals surface area contributed by atoms with Crippen LogP contribution in [0, 0.1) is 0 Å². The molecule has 4 rings (SSSR count). The smallest absolute Gasteiger partial charge is 0.349 e. The molecule has 2 aromatic heterocycles. The number of nitrogens with one attached hydrogen (secondary N) is 2. The maximum absolute atomic E-state index is 12.6. The standard InChI is InChI=1S/C18H12BrN3O4/c1-25-15-6-11(19)4-10-5-13(18(24)26-16(10)15)17(23)21-12-3-2-9-8-20-22-14(9)7-12/h2-8H,1H3,(H,20,22)(H,21,23). The Morgan fingerprint density at radius 1 is 1.23 bits per heavy atom. The van der Waals surface area contributed by atoms with Crippen molar-refractivity contribution >= 4 is 49.4 Å². The van der Waals surface area contributed by atoms with Crippen LogP contribution in [0.1, 0.15) is 10.4 Å². The van der Waals surface area contributed by atoms with E-state index in [1.807, 2.05) is 6.07 Å². The van der Waals surface area contributed by atoms with Crippen LogP contribution in [0.3, 0.4) is 0 Å². The molecule has 2 aromatic carbocycles. The molecule has 0 atom stereocenters. The van der Waals surface area contributed by atoms with E-state index in [0.29, 0.717) is 16.8 Å². The Morgan fingerprint density at radius 2 is 2.08 bits per heavy atom. The highest BCUT2D eigenvalue weighted by atomic mass is 79.9. The first-order chi connectivity index (χ1) is 12.5. The van der Waals surface area contributed by atoms with Crippen LogP contribution in [0.25, 0.3) is 21.9 Å². The lowest BCUT2D eigenvalue weighted by atomic mass is 10.1. The van der Waals surface area contributed by atoms with Gasteiger partial charge in [-0.1, -0.05) is 15.9 Å². The van der Waals surface area contributed by atoms with Crippen LogP contribution in [0.2, 0.25) is 0 Å². The number of ether oxygens (including phenoxy) is 1. The molecule has 2 heterocycles. The number of anilines is 1. The van der Waals surface area contributed by atoms with E-state index >= 15 is 0 Å². The van der Waals surface area contributed by atoms with Crippen molar-refractivity contribution in [2.75, 3.05) is 12.4 Å². The Kier molecular flexibility index (Phi) is 3.96. The summed E-state index contributed by atoms with van der Waals surface area (Å²) < 4.78 is 11.3. The first-order valence-electron chi connectivity index (χ1n) is 7.61. The van der Waals surface area contributed by atoms with Crippen LogP contribution in [-0.4, -0.2) is 23.2 Å². The molecule has 26 heavy (non-hydrogen) atoms. The van der Waals surface area contributed by atoms with E-state index in [1.54, 1.807) is 30.5 Å². The summed E-state index contributed by atoms with van der Waals surface area (Å²) in [6.07, 6.45) is 1.68. The SMILES string of the molecule is COc1cc(Br)cc2cc(C(=O)Nc3ccc4cn[nH]c4c3)c(=O)oc12. The second-order valence-corrected chi connectivity index (χ2v) is 6.52. The Hall–Kier alpha value is -3.13. The highest BCUT2D eigenvalue weighted by Crippen LogP contribution is 2.29. The van der Waals surface area contributed by atoms with Gasteiger partial charge in [0.2, 0.25) is 0 Å². The minimum absolute atomic E-state index is 0.0950. The van der Waals surface area contributed by atoms with E-state index in [1.165, 1.54) is 13.2 Å². The van der Waals surface area contributed by atoms with E-state index in [-0.39, 0.29) is 11.1 Å². The van der Waals surface area contributed by atoms with E-state index in [4.69, 9.17) is 9.15 Å². The molecule has 0 fully saturated rings. The summed E-state index contributed by atoms with van der Waals surface area (Å²) in [6, 6.07) is 10.2. The lowest BCUT2D eigenvalue weighted by molar-refractivity contribution is 0.102. The van der Waals surface area contributed by atoms with Crippen molar-refractivity contribution < 1.29 is 13.9 Å². The van der Waals surface area contributed by atoms with Crippen molar-refractivity contribution in [1.82, 2.24) is 10.2 Å². The first kappa shape index (κ1) is 16.3. The number of benzene rings is 2. The summed E-state index contributed by atoms with van der Waals surface area (Å²) in [4.78, 5) is 24.8. The zero-order valence-corrected chi connectivity index (χ0v) is 15.1. The van der Waals surface area contributed by atoms with Crippen LogP contribution >= 0.6 is 15.9 Å². The molecular weight excluding hydrogens is 402 g/mol. The van der Waals surface area contributed by atoms with E-state index in [0.717, 1.165) is 15.4 Å². The molecule has 2 N–H and O–H groups in total. The Labute approximate surface area is 155 Å². The number of rotatable bonds is 3. The minimum atomic E-state index is -0.738. The number of amides is 1. The third kappa shape index (κ3) is 2.84. The third-order valence-electron chi connectivity index (χ3n) is 3.93. The average molecular weight is 414 g/mol. The van der Waals surface area contributed by atoms with Crippen LogP contribution in [0.4, 0.5) is 5.69 Å². The maximum Gasteiger partial charge on any atom is 0.349 e. The Balaban J connectivity index is 1.74. The lowest BCUT2D eigenvalue weighted by Crippen LogP contribution is -2.20. The summed E-state index contributed by atoms with van der Waals surface area (Å²) >= 11 is 3.37. The van der Waals surface area contributed by atoms with Gasteiger partial charge in [-0.2, -0.15) is 5.10 Å². The van der Waals surface area contributed by atoms with E-state index in [9.17, 15) is 9.59 Å². The fraction of sp³-hybridized carbons (Fsp3) is 0.0556. The number of carbonyl (C=O) groups is 1. The van der Waals surface area contributed by atoms with Gasteiger partial charge >= 0.3 is 5.63 Å². The van der Waals surface area contributed by atoms with Gasteiger partial charge in [0.15, 0.2) is 11.3 Å². The molecule has 1 amide bonds. The average Bonchev–Trinajstić information content (AvgIpc) is 3.08. The minimum Gasteiger partial charge on any atom is -0.493 e. The second kappa shape index (κ2) is 6.30. The first-order valence-corrected chi connectivity index (χ1v) is 8.40. The number of nitrogens with zero attached hydrogens (tertiary/aromatic N) is 1. The van der Waals surface area contributed by atoms with Crippen molar-refractivity contribution in [2.24, 2.45) is 0 Å². The molecule has 0 aliphatic heterocycles. The number of aromatic nitrogens is 2. The summed E-state index contributed by atoms with van der Waals surface area (Å²) in [5.41, 5.74) is 0.775. The van der Waals surface area contributed by atoms with Gasteiger partial charge in [0.05, 0.1) is 18.8 Å². The summed E-state index contributed by atoms with van der Waals surface area (Å²) in [6.45, 7) is 0. The van der Waals surface area contributed by atoms with Crippen LogP contribution in [0.5, 0.6) is 5.75 Å². The topological polar surface area (TPSA) is 97.2 Å². The molecule has 0 saturated heterocycles. The summed E-state index contributed by atoms with van der Waals surface area (Å²) in [5.74, 6) is -0.151. The van der Waals surface area contributed by atoms with Gasteiger partial charge in [-0.15, -0.1) is 0 Å². The monoisotopic (exact) mass is 413 g/mol. The number of hydrogen-bond donors (Lipinski definition) is 2. The van der Waals surface area contributed by atoms with Gasteiger partial charge < -0.3 is 14.5 Å². The number of halogens is 1. The molecule has 7 nitrogen and oxygen atoms in total. The van der Waals surface area contributed by atoms with Gasteiger partial charge in [-0.3, -0.25) is 9.89 Å². The van der Waals surface area contributed by atoms with E-state index in [2.05, 4.69) is 31.4 Å². The number of aromatic amines is 1. The fourth-order valence-corrected chi connectivity index (χ4v) is 3.14. The largest absolute Gasteiger partial charge is 0.493 e. The quantitative estimate of drug-likeness (QED) is 0.499. The number of hydrogen-bond acceptors (Lipinski definition) is 5. The van der Waals surface area contributed by atoms with Crippen LogP contribution in [-0.2, 0) is 0 Å². The molecule has 0 radical (unpaired) electrons. The number of carbonyl (C=O) groups excluding carboxylic acids is 1. The predicted octanol–water partition coefficient (Wildman–Crippen LogP) is 3.69. The van der Waals surface area contributed by atoms with Gasteiger partial charge in [0.25, 0.3) is 5.91 Å². The Bertz CT molecular complexity index is 1210. The second-order valence-electron chi connectivity index (χ2n) is 5.60. The zero-order chi connectivity index (χ0) is 18.3. The number of H-pyrrole nitrogens is 1. The van der Waals surface area contributed by atoms with Gasteiger partial charge in [-0.05, 0) is 36.4 Å². The summed E-state index contributed by atoms with van der Waals surface area (Å²) in [7, 11) is 1.48. The van der Waals surface area contributed by atoms with Crippen molar-refractivity contribution in [3.05, 3.63) is 63.1 Å². The fourth-order valence-electron chi connectivity index (χ4n) is 2.69. The maximum atomic E-state index is 12.6. The number of methoxy groups -OCH3 is 1. The molecule has 4 aromatic rings. The molecule has 0 spiro atoms. The molecule has 130 valence electrons. The van der Waals surface area contributed by atoms with Gasteiger partial charge in [-0.25, -0.2) is 4.79 Å². The van der Waals surface area contributed by atoms with Crippen LogP contribution in [0.15, 0.2) is 56.3 Å². The van der Waals surface area contributed by atoms with Crippen molar-refractivity contribution in [3.8, 4) is 5.75 Å². The van der Waals surface area contributed by atoms with Crippen molar-refractivity contribution in [3.63, 3.8) is 0 Å². The molecule has 0 aliphatic rings. The molecule has 0 bridgehead atoms. The van der Waals surface area contributed by atoms with Crippen LogP contribution < -0.4 is 15.7 Å². The van der Waals surface area contributed by atoms with Gasteiger partial charge in [0.1, 0.15) is 5.56 Å². The highest BCUT2D eigenvalue weighted by molar-refractivity contribution is 9.10. The Morgan fingerprint density at radius 3 is 2.88 bits per heavy atom. The molecule has 0 saturated carbocycles. The molecule has 0 aliphatic carbocycles.